The molecule has 2 heterocycles. The topological polar surface area (TPSA) is 54.0 Å². The number of piperidine rings is 1. The third-order valence-corrected chi connectivity index (χ3v) is 4.49. The molecule has 1 unspecified atom stereocenters. The molecule has 1 amide bonds. The number of pyridine rings is 1. The Bertz CT molecular complexity index is 465. The molecule has 1 atom stereocenters. The molecule has 1 aliphatic heterocycles. The summed E-state index contributed by atoms with van der Waals surface area (Å²) < 4.78 is 0. The van der Waals surface area contributed by atoms with Gasteiger partial charge in [0, 0.05) is 24.4 Å². The van der Waals surface area contributed by atoms with Crippen molar-refractivity contribution in [1.82, 2.24) is 15.6 Å². The summed E-state index contributed by atoms with van der Waals surface area (Å²) >= 11 is 0. The highest BCUT2D eigenvalue weighted by molar-refractivity contribution is 5.82. The van der Waals surface area contributed by atoms with Gasteiger partial charge in [-0.25, -0.2) is 0 Å². The highest BCUT2D eigenvalue weighted by Crippen LogP contribution is 2.32. The molecule has 4 nitrogen and oxygen atoms in total. The summed E-state index contributed by atoms with van der Waals surface area (Å²) in [5.74, 6) is 0.542. The molecular weight excluding hydrogens is 250 g/mol. The molecule has 0 saturated carbocycles. The highest BCUT2D eigenvalue weighted by Gasteiger charge is 2.36. The standard InChI is InChI=1S/C16H25N3O/c1-12-6-8-18-9-13(12)10-19-15(20)16(2,3)14-5-4-7-17-11-14/h6,8-9,14,17H,4-5,7,10-11H2,1-3H3,(H,19,20). The van der Waals surface area contributed by atoms with E-state index in [2.05, 4.69) is 29.5 Å². The van der Waals surface area contributed by atoms with Crippen molar-refractivity contribution < 1.29 is 4.79 Å². The van der Waals surface area contributed by atoms with Gasteiger partial charge in [-0.15, -0.1) is 0 Å². The van der Waals surface area contributed by atoms with Crippen molar-refractivity contribution in [2.45, 2.75) is 40.2 Å². The number of carbonyl (C=O) groups excluding carboxylic acids is 1. The van der Waals surface area contributed by atoms with E-state index >= 15 is 0 Å². The van der Waals surface area contributed by atoms with Crippen LogP contribution in [-0.2, 0) is 11.3 Å². The first-order chi connectivity index (χ1) is 9.51. The molecule has 1 aromatic heterocycles. The second kappa shape index (κ2) is 6.35. The first-order valence-corrected chi connectivity index (χ1v) is 7.40. The molecule has 4 heteroatoms. The van der Waals surface area contributed by atoms with Crippen LogP contribution in [0.1, 0.15) is 37.8 Å². The lowest BCUT2D eigenvalue weighted by atomic mass is 9.74. The Labute approximate surface area is 121 Å². The summed E-state index contributed by atoms with van der Waals surface area (Å²) in [5.41, 5.74) is 1.92. The van der Waals surface area contributed by atoms with Crippen molar-refractivity contribution in [2.24, 2.45) is 11.3 Å². The van der Waals surface area contributed by atoms with Crippen molar-refractivity contribution in [1.29, 1.82) is 0 Å². The van der Waals surface area contributed by atoms with Gasteiger partial charge in [-0.05, 0) is 56.0 Å². The third-order valence-electron chi connectivity index (χ3n) is 4.49. The molecule has 110 valence electrons. The molecule has 1 aliphatic rings. The molecule has 2 N–H and O–H groups in total. The van der Waals surface area contributed by atoms with Crippen molar-refractivity contribution in [3.8, 4) is 0 Å². The number of carbonyl (C=O) groups is 1. The Morgan fingerprint density at radius 3 is 3.00 bits per heavy atom. The van der Waals surface area contributed by atoms with E-state index in [9.17, 15) is 4.79 Å². The van der Waals surface area contributed by atoms with Crippen molar-refractivity contribution in [3.63, 3.8) is 0 Å². The maximum atomic E-state index is 12.5. The number of rotatable bonds is 4. The zero-order valence-electron chi connectivity index (χ0n) is 12.7. The largest absolute Gasteiger partial charge is 0.351 e. The zero-order valence-corrected chi connectivity index (χ0v) is 12.7. The van der Waals surface area contributed by atoms with Crippen LogP contribution < -0.4 is 10.6 Å². The fourth-order valence-corrected chi connectivity index (χ4v) is 2.74. The summed E-state index contributed by atoms with van der Waals surface area (Å²) in [6.45, 7) is 8.71. The van der Waals surface area contributed by atoms with Gasteiger partial charge in [0.15, 0.2) is 0 Å². The Morgan fingerprint density at radius 2 is 2.35 bits per heavy atom. The van der Waals surface area contributed by atoms with Gasteiger partial charge < -0.3 is 10.6 Å². The molecule has 0 aromatic carbocycles. The van der Waals surface area contributed by atoms with Gasteiger partial charge in [0.05, 0.1) is 0 Å². The maximum absolute atomic E-state index is 12.5. The van der Waals surface area contributed by atoms with Crippen LogP contribution >= 0.6 is 0 Å². The number of nitrogens with zero attached hydrogens (tertiary/aromatic N) is 1. The van der Waals surface area contributed by atoms with Gasteiger partial charge in [-0.2, -0.15) is 0 Å². The SMILES string of the molecule is Cc1ccncc1CNC(=O)C(C)(C)C1CCCNC1. The average molecular weight is 275 g/mol. The summed E-state index contributed by atoms with van der Waals surface area (Å²) in [5, 5.41) is 6.46. The first-order valence-electron chi connectivity index (χ1n) is 7.40. The quantitative estimate of drug-likeness (QED) is 0.884. The number of aromatic nitrogens is 1. The zero-order chi connectivity index (χ0) is 14.6. The predicted octanol–water partition coefficient (Wildman–Crippen LogP) is 2.03. The minimum Gasteiger partial charge on any atom is -0.351 e. The molecule has 1 fully saturated rings. The molecule has 20 heavy (non-hydrogen) atoms. The van der Waals surface area contributed by atoms with Gasteiger partial charge in [0.1, 0.15) is 0 Å². The van der Waals surface area contributed by atoms with E-state index in [0.717, 1.165) is 37.1 Å². The number of hydrogen-bond donors (Lipinski definition) is 2. The van der Waals surface area contributed by atoms with E-state index in [4.69, 9.17) is 0 Å². The van der Waals surface area contributed by atoms with E-state index in [1.54, 1.807) is 6.20 Å². The Morgan fingerprint density at radius 1 is 1.55 bits per heavy atom. The minimum atomic E-state index is -0.330. The lowest BCUT2D eigenvalue weighted by Gasteiger charge is -2.36. The normalized spacial score (nSPS) is 19.6. The molecule has 1 saturated heterocycles. The van der Waals surface area contributed by atoms with Gasteiger partial charge >= 0.3 is 0 Å². The first kappa shape index (κ1) is 15.0. The molecule has 2 rings (SSSR count). The van der Waals surface area contributed by atoms with E-state index in [1.807, 2.05) is 19.2 Å². The monoisotopic (exact) mass is 275 g/mol. The molecule has 0 bridgehead atoms. The predicted molar refractivity (Wildman–Crippen MR) is 80.2 cm³/mol. The van der Waals surface area contributed by atoms with Crippen LogP contribution in [0.2, 0.25) is 0 Å². The van der Waals surface area contributed by atoms with E-state index in [-0.39, 0.29) is 11.3 Å². The minimum absolute atomic E-state index is 0.134. The summed E-state index contributed by atoms with van der Waals surface area (Å²) in [7, 11) is 0. The second-order valence-corrected chi connectivity index (χ2v) is 6.25. The Kier molecular flexibility index (Phi) is 4.76. The molecular formula is C16H25N3O. The third kappa shape index (κ3) is 3.37. The summed E-state index contributed by atoms with van der Waals surface area (Å²) in [6.07, 6.45) is 5.88. The Hall–Kier alpha value is -1.42. The van der Waals surface area contributed by atoms with Crippen LogP contribution in [0.4, 0.5) is 0 Å². The van der Waals surface area contributed by atoms with Crippen LogP contribution in [0.25, 0.3) is 0 Å². The maximum Gasteiger partial charge on any atom is 0.226 e. The smallest absolute Gasteiger partial charge is 0.226 e. The molecule has 0 aliphatic carbocycles. The van der Waals surface area contributed by atoms with Crippen molar-refractivity contribution in [2.75, 3.05) is 13.1 Å². The number of hydrogen-bond acceptors (Lipinski definition) is 3. The van der Waals surface area contributed by atoms with Crippen LogP contribution in [0.15, 0.2) is 18.5 Å². The fraction of sp³-hybridized carbons (Fsp3) is 0.625. The number of nitrogens with one attached hydrogen (secondary N) is 2. The average Bonchev–Trinajstić information content (AvgIpc) is 2.47. The summed E-state index contributed by atoms with van der Waals surface area (Å²) in [4.78, 5) is 16.6. The Balaban J connectivity index is 1.95. The van der Waals surface area contributed by atoms with Crippen molar-refractivity contribution >= 4 is 5.91 Å². The van der Waals surface area contributed by atoms with Crippen molar-refractivity contribution in [3.05, 3.63) is 29.6 Å². The van der Waals surface area contributed by atoms with Gasteiger partial charge in [0.25, 0.3) is 0 Å². The van der Waals surface area contributed by atoms with Gasteiger partial charge in [-0.1, -0.05) is 13.8 Å². The van der Waals surface area contributed by atoms with E-state index in [1.165, 1.54) is 0 Å². The van der Waals surface area contributed by atoms with Gasteiger partial charge in [0.2, 0.25) is 5.91 Å². The number of amides is 1. The molecule has 0 spiro atoms. The van der Waals surface area contributed by atoms with Gasteiger partial charge in [-0.3, -0.25) is 9.78 Å². The summed E-state index contributed by atoms with van der Waals surface area (Å²) in [6, 6.07) is 1.97. The number of aryl methyl sites for hydroxylation is 1. The molecule has 1 aromatic rings. The van der Waals surface area contributed by atoms with Crippen LogP contribution in [0.5, 0.6) is 0 Å². The lowest BCUT2D eigenvalue weighted by Crippen LogP contribution is -2.47. The fourth-order valence-electron chi connectivity index (χ4n) is 2.74. The van der Waals surface area contributed by atoms with Crippen LogP contribution in [0.3, 0.4) is 0 Å². The second-order valence-electron chi connectivity index (χ2n) is 6.25. The van der Waals surface area contributed by atoms with E-state index in [0.29, 0.717) is 12.5 Å². The van der Waals surface area contributed by atoms with E-state index < -0.39 is 0 Å². The van der Waals surface area contributed by atoms with Crippen LogP contribution in [-0.4, -0.2) is 24.0 Å². The highest BCUT2D eigenvalue weighted by atomic mass is 16.2. The van der Waals surface area contributed by atoms with Crippen LogP contribution in [0, 0.1) is 18.3 Å². The lowest BCUT2D eigenvalue weighted by molar-refractivity contribution is -0.132. The molecule has 0 radical (unpaired) electrons.